The Morgan fingerprint density at radius 3 is 2.20 bits per heavy atom. The summed E-state index contributed by atoms with van der Waals surface area (Å²) in [5.74, 6) is -0.589. The Bertz CT molecular complexity index is 924. The minimum absolute atomic E-state index is 0.184. The zero-order valence-corrected chi connectivity index (χ0v) is 14.3. The van der Waals surface area contributed by atoms with Gasteiger partial charge in [0.2, 0.25) is 0 Å². The molecular weight excluding hydrogens is 363 g/mol. The number of rotatable bonds is 4. The molecule has 2 amide bonds. The van der Waals surface area contributed by atoms with E-state index in [0.717, 1.165) is 0 Å². The molecule has 0 unspecified atom stereocenters. The van der Waals surface area contributed by atoms with Crippen molar-refractivity contribution in [2.75, 3.05) is 10.6 Å². The number of nitrogens with one attached hydrogen (secondary N) is 2. The van der Waals surface area contributed by atoms with E-state index in [9.17, 15) is 9.59 Å². The van der Waals surface area contributed by atoms with Crippen molar-refractivity contribution in [1.29, 1.82) is 0 Å². The van der Waals surface area contributed by atoms with Gasteiger partial charge in [-0.15, -0.1) is 0 Å². The summed E-state index contributed by atoms with van der Waals surface area (Å²) >= 11 is 12.0. The molecule has 3 rings (SSSR count). The lowest BCUT2D eigenvalue weighted by atomic mass is 10.2. The molecule has 0 fully saturated rings. The third kappa shape index (κ3) is 4.02. The second kappa shape index (κ2) is 7.42. The lowest BCUT2D eigenvalue weighted by molar-refractivity contribution is 0.0995. The van der Waals surface area contributed by atoms with Crippen LogP contribution in [0.25, 0.3) is 0 Å². The van der Waals surface area contributed by atoms with Crippen LogP contribution in [0.5, 0.6) is 0 Å². The summed E-state index contributed by atoms with van der Waals surface area (Å²) in [5.41, 5.74) is 1.27. The Morgan fingerprint density at radius 2 is 1.52 bits per heavy atom. The van der Waals surface area contributed by atoms with Crippen molar-refractivity contribution in [3.8, 4) is 0 Å². The van der Waals surface area contributed by atoms with Crippen LogP contribution in [0.2, 0.25) is 10.0 Å². The van der Waals surface area contributed by atoms with Crippen LogP contribution in [0.1, 0.15) is 20.9 Å². The summed E-state index contributed by atoms with van der Waals surface area (Å²) in [6.07, 6.45) is 1.42. The van der Waals surface area contributed by atoms with Gasteiger partial charge in [-0.05, 0) is 42.5 Å². The minimum Gasteiger partial charge on any atom is -0.459 e. The zero-order valence-electron chi connectivity index (χ0n) is 12.8. The zero-order chi connectivity index (χ0) is 17.8. The lowest BCUT2D eigenvalue weighted by Gasteiger charge is -2.09. The van der Waals surface area contributed by atoms with E-state index in [1.807, 2.05) is 0 Å². The van der Waals surface area contributed by atoms with Gasteiger partial charge < -0.3 is 15.1 Å². The van der Waals surface area contributed by atoms with E-state index in [4.69, 9.17) is 27.6 Å². The van der Waals surface area contributed by atoms with Crippen molar-refractivity contribution in [3.05, 3.63) is 82.2 Å². The number of hydrogen-bond donors (Lipinski definition) is 2. The maximum Gasteiger partial charge on any atom is 0.291 e. The Labute approximate surface area is 153 Å². The van der Waals surface area contributed by atoms with Crippen LogP contribution >= 0.6 is 23.2 Å². The molecule has 3 aromatic rings. The SMILES string of the molecule is O=C(Nc1cccc(NC(=O)c2cccc(Cl)c2Cl)c1)c1ccco1. The number of anilines is 2. The van der Waals surface area contributed by atoms with E-state index in [-0.39, 0.29) is 22.3 Å². The van der Waals surface area contributed by atoms with Crippen molar-refractivity contribution in [3.63, 3.8) is 0 Å². The standard InChI is InChI=1S/C18H12Cl2N2O3/c19-14-7-2-6-13(16(14)20)17(23)21-11-4-1-5-12(10-11)22-18(24)15-8-3-9-25-15/h1-10H,(H,21,23)(H,22,24). The summed E-state index contributed by atoms with van der Waals surface area (Å²) in [4.78, 5) is 24.3. The molecule has 1 aromatic heterocycles. The molecule has 0 atom stereocenters. The monoisotopic (exact) mass is 374 g/mol. The van der Waals surface area contributed by atoms with Crippen LogP contribution < -0.4 is 10.6 Å². The normalized spacial score (nSPS) is 10.3. The molecule has 2 aromatic carbocycles. The van der Waals surface area contributed by atoms with Crippen molar-refractivity contribution in [1.82, 2.24) is 0 Å². The van der Waals surface area contributed by atoms with E-state index >= 15 is 0 Å². The topological polar surface area (TPSA) is 71.3 Å². The summed E-state index contributed by atoms with van der Waals surface area (Å²) in [6.45, 7) is 0. The fraction of sp³-hybridized carbons (Fsp3) is 0. The number of halogens is 2. The van der Waals surface area contributed by atoms with Gasteiger partial charge in [0.25, 0.3) is 11.8 Å². The van der Waals surface area contributed by atoms with Gasteiger partial charge >= 0.3 is 0 Å². The average Bonchev–Trinajstić information content (AvgIpc) is 3.12. The van der Waals surface area contributed by atoms with Gasteiger partial charge in [-0.2, -0.15) is 0 Å². The Kier molecular flexibility index (Phi) is 5.07. The molecule has 1 heterocycles. The molecule has 0 aliphatic rings. The van der Waals surface area contributed by atoms with Gasteiger partial charge in [0.15, 0.2) is 5.76 Å². The minimum atomic E-state index is -0.401. The second-order valence-electron chi connectivity index (χ2n) is 5.07. The van der Waals surface area contributed by atoms with E-state index < -0.39 is 5.91 Å². The summed E-state index contributed by atoms with van der Waals surface area (Å²) in [5, 5.41) is 5.89. The van der Waals surface area contributed by atoms with Gasteiger partial charge in [-0.25, -0.2) is 0 Å². The van der Waals surface area contributed by atoms with Gasteiger partial charge in [0.1, 0.15) is 0 Å². The van der Waals surface area contributed by atoms with E-state index in [1.54, 1.807) is 54.6 Å². The predicted molar refractivity (Wildman–Crippen MR) is 97.5 cm³/mol. The molecule has 0 spiro atoms. The first-order valence-electron chi connectivity index (χ1n) is 7.25. The summed E-state index contributed by atoms with van der Waals surface area (Å²) in [7, 11) is 0. The fourth-order valence-electron chi connectivity index (χ4n) is 2.15. The first-order valence-corrected chi connectivity index (χ1v) is 8.00. The number of carbonyl (C=O) groups excluding carboxylic acids is 2. The van der Waals surface area contributed by atoms with Gasteiger partial charge in [0.05, 0.1) is 21.9 Å². The quantitative estimate of drug-likeness (QED) is 0.667. The van der Waals surface area contributed by atoms with Crippen LogP contribution in [0.15, 0.2) is 65.3 Å². The molecular formula is C18H12Cl2N2O3. The van der Waals surface area contributed by atoms with Crippen molar-refractivity contribution < 1.29 is 14.0 Å². The Balaban J connectivity index is 1.74. The molecule has 126 valence electrons. The van der Waals surface area contributed by atoms with E-state index in [1.165, 1.54) is 6.26 Å². The molecule has 0 aliphatic heterocycles. The van der Waals surface area contributed by atoms with Crippen LogP contribution in [0.3, 0.4) is 0 Å². The Morgan fingerprint density at radius 1 is 0.840 bits per heavy atom. The molecule has 25 heavy (non-hydrogen) atoms. The maximum atomic E-state index is 12.4. The van der Waals surface area contributed by atoms with Gasteiger partial charge in [-0.3, -0.25) is 9.59 Å². The molecule has 0 radical (unpaired) electrons. The summed E-state index contributed by atoms with van der Waals surface area (Å²) < 4.78 is 5.04. The summed E-state index contributed by atoms with van der Waals surface area (Å²) in [6, 6.07) is 14.7. The van der Waals surface area contributed by atoms with Crippen LogP contribution in [0.4, 0.5) is 11.4 Å². The largest absolute Gasteiger partial charge is 0.459 e. The van der Waals surface area contributed by atoms with Gasteiger partial charge in [-0.1, -0.05) is 35.3 Å². The molecule has 2 N–H and O–H groups in total. The number of benzene rings is 2. The highest BCUT2D eigenvalue weighted by atomic mass is 35.5. The number of furan rings is 1. The molecule has 0 bridgehead atoms. The molecule has 0 saturated carbocycles. The average molecular weight is 375 g/mol. The fourth-order valence-corrected chi connectivity index (χ4v) is 2.54. The number of hydrogen-bond acceptors (Lipinski definition) is 3. The highest BCUT2D eigenvalue weighted by Crippen LogP contribution is 2.26. The van der Waals surface area contributed by atoms with E-state index in [2.05, 4.69) is 10.6 Å². The third-order valence-electron chi connectivity index (χ3n) is 3.32. The van der Waals surface area contributed by atoms with Crippen molar-refractivity contribution in [2.24, 2.45) is 0 Å². The molecule has 5 nitrogen and oxygen atoms in total. The number of amides is 2. The number of carbonyl (C=O) groups is 2. The van der Waals surface area contributed by atoms with Crippen LogP contribution in [0, 0.1) is 0 Å². The van der Waals surface area contributed by atoms with Crippen LogP contribution in [-0.2, 0) is 0 Å². The second-order valence-corrected chi connectivity index (χ2v) is 5.85. The highest BCUT2D eigenvalue weighted by Gasteiger charge is 2.13. The molecule has 7 heteroatoms. The third-order valence-corrected chi connectivity index (χ3v) is 4.14. The maximum absolute atomic E-state index is 12.4. The highest BCUT2D eigenvalue weighted by molar-refractivity contribution is 6.44. The van der Waals surface area contributed by atoms with Crippen LogP contribution in [-0.4, -0.2) is 11.8 Å². The van der Waals surface area contributed by atoms with Crippen molar-refractivity contribution >= 4 is 46.4 Å². The first-order chi connectivity index (χ1) is 12.0. The molecule has 0 saturated heterocycles. The van der Waals surface area contributed by atoms with E-state index in [0.29, 0.717) is 16.4 Å². The molecule has 0 aliphatic carbocycles. The first kappa shape index (κ1) is 17.1. The lowest BCUT2D eigenvalue weighted by Crippen LogP contribution is -2.14. The smallest absolute Gasteiger partial charge is 0.291 e. The van der Waals surface area contributed by atoms with Gasteiger partial charge in [0, 0.05) is 11.4 Å². The predicted octanol–water partition coefficient (Wildman–Crippen LogP) is 5.09. The Hall–Kier alpha value is -2.76. The van der Waals surface area contributed by atoms with Crippen molar-refractivity contribution in [2.45, 2.75) is 0 Å².